The molecule has 0 bridgehead atoms. The summed E-state index contributed by atoms with van der Waals surface area (Å²) in [4.78, 5) is 42.9. The van der Waals surface area contributed by atoms with Crippen molar-refractivity contribution >= 4 is 18.0 Å². The maximum absolute atomic E-state index is 12.8. The van der Waals surface area contributed by atoms with Crippen LogP contribution in [0.15, 0.2) is 59.5 Å². The van der Waals surface area contributed by atoms with Crippen LogP contribution in [0.4, 0.5) is 15.4 Å². The number of carbonyl (C=O) groups excluding carboxylic acids is 2. The molecule has 1 aromatic heterocycles. The summed E-state index contributed by atoms with van der Waals surface area (Å²) in [6.07, 6.45) is 1.87. The van der Waals surface area contributed by atoms with Crippen LogP contribution in [0.25, 0.3) is 0 Å². The van der Waals surface area contributed by atoms with E-state index in [1.165, 1.54) is 16.8 Å². The molecule has 1 aliphatic heterocycles. The van der Waals surface area contributed by atoms with E-state index in [-0.39, 0.29) is 11.9 Å². The Morgan fingerprint density at radius 2 is 1.58 bits per heavy atom. The summed E-state index contributed by atoms with van der Waals surface area (Å²) in [6.45, 7) is 10.7. The Labute approximate surface area is 210 Å². The predicted molar refractivity (Wildman–Crippen MR) is 133 cm³/mol. The highest BCUT2D eigenvalue weighted by molar-refractivity contribution is 6.08. The number of hydrogen-bond donors (Lipinski definition) is 0. The highest BCUT2D eigenvalue weighted by atomic mass is 16.6. The van der Waals surface area contributed by atoms with E-state index in [9.17, 15) is 14.4 Å². The van der Waals surface area contributed by atoms with Gasteiger partial charge in [0, 0.05) is 6.20 Å². The lowest BCUT2D eigenvalue weighted by atomic mass is 10.2. The van der Waals surface area contributed by atoms with Gasteiger partial charge in [-0.2, -0.15) is 9.88 Å². The first-order chi connectivity index (χ1) is 16.8. The Bertz CT molecular complexity index is 1120. The number of carbonyl (C=O) groups is 2. The van der Waals surface area contributed by atoms with Gasteiger partial charge < -0.3 is 18.9 Å². The van der Waals surface area contributed by atoms with Gasteiger partial charge in [0.2, 0.25) is 0 Å². The molecule has 1 aliphatic rings. The van der Waals surface area contributed by atoms with Gasteiger partial charge in [-0.05, 0) is 59.2 Å². The fraction of sp³-hybridized carbons (Fsp3) is 0.462. The Kier molecular flexibility index (Phi) is 8.31. The summed E-state index contributed by atoms with van der Waals surface area (Å²) >= 11 is 0. The zero-order chi connectivity index (χ0) is 26.5. The highest BCUT2D eigenvalue weighted by Crippen LogP contribution is 2.23. The van der Waals surface area contributed by atoms with Gasteiger partial charge in [0.25, 0.3) is 0 Å². The molecule has 36 heavy (non-hydrogen) atoms. The van der Waals surface area contributed by atoms with Gasteiger partial charge in [-0.3, -0.25) is 4.57 Å². The van der Waals surface area contributed by atoms with Crippen molar-refractivity contribution in [2.24, 2.45) is 0 Å². The number of nitrogens with zero attached hydrogens (tertiary/aromatic N) is 3. The second-order valence-electron chi connectivity index (χ2n) is 10.2. The first kappa shape index (κ1) is 27.1. The number of amides is 2. The van der Waals surface area contributed by atoms with E-state index >= 15 is 0 Å². The molecule has 10 heteroatoms. The highest BCUT2D eigenvalue weighted by Gasteiger charge is 2.34. The molecule has 0 radical (unpaired) electrons. The fourth-order valence-corrected chi connectivity index (χ4v) is 3.21. The van der Waals surface area contributed by atoms with Crippen LogP contribution in [-0.4, -0.2) is 45.7 Å². The molecule has 2 heterocycles. The quantitative estimate of drug-likeness (QED) is 0.531. The number of benzene rings is 1. The molecule has 1 aromatic carbocycles. The Morgan fingerprint density at radius 3 is 2.14 bits per heavy atom. The largest absolute Gasteiger partial charge is 0.443 e. The molecule has 10 nitrogen and oxygen atoms in total. The molecule has 3 rings (SSSR count). The SMILES string of the molecule is CC(C)(C)OC(=O)N(C(=O)OC(C)(C)C)c1ccn([C@H]2C=C[C@@H](COCc3ccccc3)O2)c(=O)n1. The van der Waals surface area contributed by atoms with Crippen LogP contribution in [-0.2, 0) is 25.6 Å². The molecule has 0 saturated heterocycles. The van der Waals surface area contributed by atoms with E-state index in [1.807, 2.05) is 36.4 Å². The van der Waals surface area contributed by atoms with Crippen LogP contribution >= 0.6 is 0 Å². The molecule has 0 saturated carbocycles. The molecular formula is C26H33N3O7. The van der Waals surface area contributed by atoms with Gasteiger partial charge in [0.15, 0.2) is 12.0 Å². The molecular weight excluding hydrogens is 466 g/mol. The van der Waals surface area contributed by atoms with E-state index in [0.717, 1.165) is 5.56 Å². The van der Waals surface area contributed by atoms with E-state index < -0.39 is 35.3 Å². The molecule has 0 unspecified atom stereocenters. The fourth-order valence-electron chi connectivity index (χ4n) is 3.21. The maximum atomic E-state index is 12.8. The standard InChI is InChI=1S/C26H33N3O7/c1-25(2,3)35-23(31)29(24(32)36-26(4,5)6)20-14-15-28(22(30)27-20)21-13-12-19(34-21)17-33-16-18-10-8-7-9-11-18/h7-15,19,21H,16-17H2,1-6H3/t19-,21+/m0/s1. The third-order valence-electron chi connectivity index (χ3n) is 4.67. The number of ether oxygens (including phenoxy) is 4. The zero-order valence-electron chi connectivity index (χ0n) is 21.5. The molecule has 0 fully saturated rings. The lowest BCUT2D eigenvalue weighted by molar-refractivity contribution is -0.0342. The first-order valence-corrected chi connectivity index (χ1v) is 11.6. The van der Waals surface area contributed by atoms with Crippen LogP contribution < -0.4 is 10.6 Å². The summed E-state index contributed by atoms with van der Waals surface area (Å²) < 4.78 is 23.5. The normalized spacial score (nSPS) is 17.6. The van der Waals surface area contributed by atoms with Crippen molar-refractivity contribution in [1.82, 2.24) is 9.55 Å². The third-order valence-corrected chi connectivity index (χ3v) is 4.67. The van der Waals surface area contributed by atoms with Crippen molar-refractivity contribution in [3.63, 3.8) is 0 Å². The van der Waals surface area contributed by atoms with Crippen LogP contribution in [0.3, 0.4) is 0 Å². The average Bonchev–Trinajstić information content (AvgIpc) is 3.20. The van der Waals surface area contributed by atoms with Crippen molar-refractivity contribution in [3.05, 3.63) is 70.8 Å². The Hall–Kier alpha value is -3.50. The van der Waals surface area contributed by atoms with Crippen molar-refractivity contribution in [1.29, 1.82) is 0 Å². The van der Waals surface area contributed by atoms with Crippen LogP contribution in [0.2, 0.25) is 0 Å². The summed E-state index contributed by atoms with van der Waals surface area (Å²) in [6, 6.07) is 11.1. The number of aromatic nitrogens is 2. The minimum Gasteiger partial charge on any atom is -0.443 e. The van der Waals surface area contributed by atoms with E-state index in [2.05, 4.69) is 4.98 Å². The van der Waals surface area contributed by atoms with Crippen LogP contribution in [0.5, 0.6) is 0 Å². The van der Waals surface area contributed by atoms with E-state index in [1.54, 1.807) is 47.6 Å². The topological polar surface area (TPSA) is 109 Å². The van der Waals surface area contributed by atoms with Crippen LogP contribution in [0, 0.1) is 0 Å². The summed E-state index contributed by atoms with van der Waals surface area (Å²) in [7, 11) is 0. The molecule has 2 aromatic rings. The molecule has 0 N–H and O–H groups in total. The van der Waals surface area contributed by atoms with Gasteiger partial charge in [-0.1, -0.05) is 36.4 Å². The van der Waals surface area contributed by atoms with Gasteiger partial charge in [-0.25, -0.2) is 14.4 Å². The number of rotatable bonds is 6. The molecule has 2 amide bonds. The minimum absolute atomic E-state index is 0.218. The van der Waals surface area contributed by atoms with Gasteiger partial charge >= 0.3 is 17.9 Å². The second kappa shape index (κ2) is 11.0. The molecule has 2 atom stereocenters. The monoisotopic (exact) mass is 499 g/mol. The molecule has 194 valence electrons. The smallest absolute Gasteiger partial charge is 0.425 e. The summed E-state index contributed by atoms with van der Waals surface area (Å²) in [5, 5.41) is 0. The Balaban J connectivity index is 1.71. The van der Waals surface area contributed by atoms with Crippen molar-refractivity contribution in [2.45, 2.75) is 71.7 Å². The number of imide groups is 1. The maximum Gasteiger partial charge on any atom is 0.425 e. The second-order valence-corrected chi connectivity index (χ2v) is 10.2. The summed E-state index contributed by atoms with van der Waals surface area (Å²) in [5.41, 5.74) is -1.43. The Morgan fingerprint density at radius 1 is 0.972 bits per heavy atom. The minimum atomic E-state index is -1.01. The van der Waals surface area contributed by atoms with Crippen molar-refractivity contribution < 1.29 is 28.5 Å². The average molecular weight is 500 g/mol. The van der Waals surface area contributed by atoms with Crippen LogP contribution in [0.1, 0.15) is 53.3 Å². The lowest BCUT2D eigenvalue weighted by Crippen LogP contribution is -2.45. The third kappa shape index (κ3) is 7.76. The van der Waals surface area contributed by atoms with Gasteiger partial charge in [-0.15, -0.1) is 0 Å². The van der Waals surface area contributed by atoms with Gasteiger partial charge in [0.05, 0.1) is 13.2 Å². The van der Waals surface area contributed by atoms with E-state index in [0.29, 0.717) is 18.1 Å². The van der Waals surface area contributed by atoms with Gasteiger partial charge in [0.1, 0.15) is 17.3 Å². The van der Waals surface area contributed by atoms with Crippen molar-refractivity contribution in [2.75, 3.05) is 11.5 Å². The number of hydrogen-bond acceptors (Lipinski definition) is 8. The summed E-state index contributed by atoms with van der Waals surface area (Å²) in [5.74, 6) is -0.218. The predicted octanol–water partition coefficient (Wildman–Crippen LogP) is 4.59. The lowest BCUT2D eigenvalue weighted by Gasteiger charge is -2.28. The van der Waals surface area contributed by atoms with Crippen molar-refractivity contribution in [3.8, 4) is 0 Å². The van der Waals surface area contributed by atoms with E-state index in [4.69, 9.17) is 18.9 Å². The molecule has 0 spiro atoms. The molecule has 0 aliphatic carbocycles. The first-order valence-electron chi connectivity index (χ1n) is 11.6. The zero-order valence-corrected chi connectivity index (χ0v) is 21.5. The number of anilines is 1.